The molecule has 108 valence electrons. The molecule has 0 aromatic carbocycles. The Balaban J connectivity index is 2.37. The van der Waals surface area contributed by atoms with Gasteiger partial charge in [0.25, 0.3) is 5.56 Å². The van der Waals surface area contributed by atoms with E-state index in [2.05, 4.69) is 9.97 Å². The summed E-state index contributed by atoms with van der Waals surface area (Å²) in [6, 6.07) is 3.51. The Morgan fingerprint density at radius 1 is 1.33 bits per heavy atom. The molecule has 3 aromatic rings. The highest BCUT2D eigenvalue weighted by atomic mass is 32.1. The molecular formula is C12H12N6O2S. The first-order valence-corrected chi connectivity index (χ1v) is 6.46. The summed E-state index contributed by atoms with van der Waals surface area (Å²) in [4.78, 5) is 31.4. The summed E-state index contributed by atoms with van der Waals surface area (Å²) in [5.74, 6) is 0.371. The van der Waals surface area contributed by atoms with Crippen molar-refractivity contribution in [2.24, 2.45) is 19.8 Å². The highest BCUT2D eigenvalue weighted by Crippen LogP contribution is 2.12. The molecule has 0 saturated heterocycles. The third kappa shape index (κ3) is 1.82. The minimum absolute atomic E-state index is 0.210. The number of nitrogens with one attached hydrogen (secondary N) is 1. The van der Waals surface area contributed by atoms with Crippen molar-refractivity contribution < 1.29 is 0 Å². The van der Waals surface area contributed by atoms with E-state index in [-0.39, 0.29) is 16.2 Å². The smallest absolute Gasteiger partial charge is 0.332 e. The van der Waals surface area contributed by atoms with Crippen LogP contribution in [0.1, 0.15) is 5.69 Å². The molecule has 3 heterocycles. The number of fused-ring (bicyclic) bond motifs is 1. The minimum atomic E-state index is -0.437. The van der Waals surface area contributed by atoms with Gasteiger partial charge in [0.2, 0.25) is 5.95 Å². The number of hydrogen-bond donors (Lipinski definition) is 2. The predicted octanol–water partition coefficient (Wildman–Crippen LogP) is -0.615. The molecule has 8 nitrogen and oxygen atoms in total. The minimum Gasteiger partial charge on any atom is -0.388 e. The van der Waals surface area contributed by atoms with Crippen LogP contribution in [0.2, 0.25) is 0 Å². The third-order valence-corrected chi connectivity index (χ3v) is 3.52. The van der Waals surface area contributed by atoms with E-state index < -0.39 is 11.2 Å². The Morgan fingerprint density at radius 3 is 2.71 bits per heavy atom. The zero-order valence-electron chi connectivity index (χ0n) is 11.3. The van der Waals surface area contributed by atoms with Gasteiger partial charge in [-0.2, -0.15) is 4.98 Å². The van der Waals surface area contributed by atoms with Gasteiger partial charge >= 0.3 is 5.69 Å². The van der Waals surface area contributed by atoms with Crippen LogP contribution < -0.4 is 17.0 Å². The molecule has 0 radical (unpaired) electrons. The number of aromatic nitrogens is 5. The third-order valence-electron chi connectivity index (χ3n) is 3.31. The van der Waals surface area contributed by atoms with Crippen molar-refractivity contribution in [2.75, 3.05) is 0 Å². The second-order valence-electron chi connectivity index (χ2n) is 4.59. The van der Waals surface area contributed by atoms with Gasteiger partial charge in [-0.05, 0) is 12.1 Å². The van der Waals surface area contributed by atoms with Crippen LogP contribution in [0.25, 0.3) is 17.1 Å². The van der Waals surface area contributed by atoms with Crippen LogP contribution in [0, 0.1) is 0 Å². The van der Waals surface area contributed by atoms with Crippen LogP contribution in [-0.4, -0.2) is 28.7 Å². The van der Waals surface area contributed by atoms with E-state index in [1.807, 2.05) is 0 Å². The van der Waals surface area contributed by atoms with E-state index in [4.69, 9.17) is 18.0 Å². The fourth-order valence-corrected chi connectivity index (χ4v) is 2.36. The number of imidazole rings is 1. The van der Waals surface area contributed by atoms with Gasteiger partial charge in [0.05, 0.1) is 5.69 Å². The maximum atomic E-state index is 12.1. The molecule has 21 heavy (non-hydrogen) atoms. The zero-order chi connectivity index (χ0) is 15.3. The molecule has 0 bridgehead atoms. The lowest BCUT2D eigenvalue weighted by molar-refractivity contribution is 0.708. The first kappa shape index (κ1) is 13.3. The average molecular weight is 304 g/mol. The van der Waals surface area contributed by atoms with Crippen LogP contribution in [0.3, 0.4) is 0 Å². The van der Waals surface area contributed by atoms with E-state index in [0.717, 1.165) is 4.57 Å². The van der Waals surface area contributed by atoms with Crippen LogP contribution in [-0.2, 0) is 14.1 Å². The van der Waals surface area contributed by atoms with Crippen molar-refractivity contribution in [3.8, 4) is 5.95 Å². The fraction of sp³-hybridized carbons (Fsp3) is 0.167. The van der Waals surface area contributed by atoms with Gasteiger partial charge in [-0.3, -0.25) is 18.5 Å². The normalized spacial score (nSPS) is 11.1. The second kappa shape index (κ2) is 4.42. The molecule has 3 N–H and O–H groups in total. The van der Waals surface area contributed by atoms with E-state index in [9.17, 15) is 9.59 Å². The summed E-state index contributed by atoms with van der Waals surface area (Å²) in [6.07, 6.45) is 1.72. The van der Waals surface area contributed by atoms with Crippen LogP contribution in [0.4, 0.5) is 0 Å². The zero-order valence-corrected chi connectivity index (χ0v) is 12.1. The number of nitrogens with two attached hydrogens (primary N) is 1. The quantitative estimate of drug-likeness (QED) is 0.614. The van der Waals surface area contributed by atoms with Gasteiger partial charge in [-0.15, -0.1) is 0 Å². The molecule has 0 spiro atoms. The molecule has 3 aromatic heterocycles. The molecular weight excluding hydrogens is 292 g/mol. The summed E-state index contributed by atoms with van der Waals surface area (Å²) in [7, 11) is 2.97. The molecule has 3 rings (SSSR count). The first-order chi connectivity index (χ1) is 9.91. The number of aromatic amines is 1. The Labute approximate surface area is 123 Å². The van der Waals surface area contributed by atoms with Crippen molar-refractivity contribution >= 4 is 28.4 Å². The summed E-state index contributed by atoms with van der Waals surface area (Å²) >= 11 is 4.97. The molecule has 0 amide bonds. The van der Waals surface area contributed by atoms with Crippen molar-refractivity contribution in [2.45, 2.75) is 0 Å². The summed E-state index contributed by atoms with van der Waals surface area (Å²) < 4.78 is 3.96. The molecule has 0 fully saturated rings. The number of thiocarbonyl (C=S) groups is 1. The van der Waals surface area contributed by atoms with E-state index in [1.165, 1.54) is 11.6 Å². The van der Waals surface area contributed by atoms with Crippen LogP contribution in [0.15, 0.2) is 27.9 Å². The highest BCUT2D eigenvalue weighted by molar-refractivity contribution is 7.80. The number of hydrogen-bond acceptors (Lipinski definition) is 4. The lowest BCUT2D eigenvalue weighted by Gasteiger charge is -2.02. The van der Waals surface area contributed by atoms with Crippen molar-refractivity contribution in [3.63, 3.8) is 0 Å². The monoisotopic (exact) mass is 304 g/mol. The van der Waals surface area contributed by atoms with Crippen LogP contribution >= 0.6 is 12.2 Å². The number of H-pyrrole nitrogens is 1. The van der Waals surface area contributed by atoms with E-state index >= 15 is 0 Å². The summed E-state index contributed by atoms with van der Waals surface area (Å²) in [6.45, 7) is 0. The average Bonchev–Trinajstić information content (AvgIpc) is 3.08. The van der Waals surface area contributed by atoms with E-state index in [1.54, 1.807) is 29.9 Å². The first-order valence-electron chi connectivity index (χ1n) is 6.05. The molecule has 0 aliphatic heterocycles. The number of nitrogens with zero attached hydrogens (tertiary/aromatic N) is 4. The summed E-state index contributed by atoms with van der Waals surface area (Å²) in [5, 5.41) is 0. The largest absolute Gasteiger partial charge is 0.388 e. The standard InChI is InChI=1S/C12H12N6O2S/c1-16-9-7(10(19)17(2)12(16)20)14-11(15-9)18-5-3-4-6(18)8(13)21/h3-5H,1-2H3,(H2,13,21)(H,14,15). The Morgan fingerprint density at radius 2 is 2.05 bits per heavy atom. The predicted molar refractivity (Wildman–Crippen MR) is 81.8 cm³/mol. The Kier molecular flexibility index (Phi) is 2.80. The van der Waals surface area contributed by atoms with Gasteiger partial charge in [-0.1, -0.05) is 12.2 Å². The second-order valence-corrected chi connectivity index (χ2v) is 5.03. The Hall–Kier alpha value is -2.68. The van der Waals surface area contributed by atoms with Gasteiger partial charge < -0.3 is 10.7 Å². The van der Waals surface area contributed by atoms with Crippen molar-refractivity contribution in [3.05, 3.63) is 44.9 Å². The molecule has 0 atom stereocenters. The SMILES string of the molecule is Cn1c(=O)c2[nH]c(-n3cccc3C(N)=S)nc2n(C)c1=O. The number of aryl methyl sites for hydroxylation is 1. The van der Waals surface area contributed by atoms with E-state index in [0.29, 0.717) is 11.6 Å². The lowest BCUT2D eigenvalue weighted by atomic mass is 10.4. The fourth-order valence-electron chi connectivity index (χ4n) is 2.19. The highest BCUT2D eigenvalue weighted by Gasteiger charge is 2.15. The maximum absolute atomic E-state index is 12.1. The van der Waals surface area contributed by atoms with Gasteiger partial charge in [0, 0.05) is 20.3 Å². The lowest BCUT2D eigenvalue weighted by Crippen LogP contribution is -2.36. The van der Waals surface area contributed by atoms with Gasteiger partial charge in [-0.25, -0.2) is 4.79 Å². The molecule has 9 heteroatoms. The summed E-state index contributed by atoms with van der Waals surface area (Å²) in [5.41, 5.74) is 5.89. The Bertz CT molecular complexity index is 989. The molecule has 0 unspecified atom stereocenters. The van der Waals surface area contributed by atoms with Gasteiger partial charge in [0.15, 0.2) is 11.2 Å². The molecule has 0 saturated carbocycles. The van der Waals surface area contributed by atoms with Gasteiger partial charge in [0.1, 0.15) is 4.99 Å². The molecule has 0 aliphatic rings. The van der Waals surface area contributed by atoms with Crippen molar-refractivity contribution in [1.82, 2.24) is 23.7 Å². The van der Waals surface area contributed by atoms with Crippen molar-refractivity contribution in [1.29, 1.82) is 0 Å². The van der Waals surface area contributed by atoms with Crippen LogP contribution in [0.5, 0.6) is 0 Å². The topological polar surface area (TPSA) is 104 Å². The molecule has 0 aliphatic carbocycles. The maximum Gasteiger partial charge on any atom is 0.332 e. The number of rotatable bonds is 2.